The molecule has 0 atom stereocenters. The van der Waals surface area contributed by atoms with Gasteiger partial charge in [-0.25, -0.2) is 12.3 Å². The van der Waals surface area contributed by atoms with Crippen molar-refractivity contribution in [2.24, 2.45) is 0 Å². The topological polar surface area (TPSA) is 43.4 Å². The zero-order valence-electron chi connectivity index (χ0n) is 6.39. The van der Waals surface area contributed by atoms with Crippen molar-refractivity contribution in [2.45, 2.75) is 12.5 Å². The third-order valence-electron chi connectivity index (χ3n) is 1.11. The Morgan fingerprint density at radius 1 is 1.33 bits per heavy atom. The van der Waals surface area contributed by atoms with Crippen molar-refractivity contribution in [3.63, 3.8) is 0 Å². The first-order valence-electron chi connectivity index (χ1n) is 3.12. The summed E-state index contributed by atoms with van der Waals surface area (Å²) < 4.78 is 59.9. The quantitative estimate of drug-likeness (QED) is 0.399. The van der Waals surface area contributed by atoms with E-state index in [2.05, 4.69) is 4.18 Å². The lowest BCUT2D eigenvalue weighted by Crippen LogP contribution is -2.17. The average Bonchev–Trinajstić information content (AvgIpc) is 1.84. The van der Waals surface area contributed by atoms with E-state index in [9.17, 15) is 20.7 Å². The normalized spacial score (nSPS) is 13.3. The van der Waals surface area contributed by atoms with Crippen molar-refractivity contribution in [1.29, 1.82) is 0 Å². The first-order valence-corrected chi connectivity index (χ1v) is 6.54. The fourth-order valence-electron chi connectivity index (χ4n) is 0.533. The number of hydrogen-bond donors (Lipinski definition) is 0. The molecule has 0 bridgehead atoms. The summed E-state index contributed by atoms with van der Waals surface area (Å²) in [7, 11) is -8.38. The molecule has 0 saturated carbocycles. The van der Waals surface area contributed by atoms with Gasteiger partial charge in [0.15, 0.2) is 0 Å². The van der Waals surface area contributed by atoms with Gasteiger partial charge in [-0.05, 0) is 6.42 Å². The summed E-state index contributed by atoms with van der Waals surface area (Å²) in [5.41, 5.74) is 0. The predicted molar refractivity (Wildman–Crippen MR) is 39.3 cm³/mol. The minimum Gasteiger partial charge on any atom is -0.273 e. The van der Waals surface area contributed by atoms with E-state index in [1.54, 1.807) is 0 Å². The van der Waals surface area contributed by atoms with Crippen LogP contribution in [0.25, 0.3) is 0 Å². The highest BCUT2D eigenvalue weighted by atomic mass is 32.2. The molecule has 0 aliphatic carbocycles. The van der Waals surface area contributed by atoms with Crippen molar-refractivity contribution in [3.8, 4) is 0 Å². The maximum Gasteiger partial charge on any atom is 0.616 e. The molecule has 0 amide bonds. The van der Waals surface area contributed by atoms with E-state index in [4.69, 9.17) is 0 Å². The molecule has 0 aliphatic heterocycles. The second-order valence-electron chi connectivity index (χ2n) is 2.15. The van der Waals surface area contributed by atoms with Crippen LogP contribution in [0.3, 0.4) is 0 Å². The van der Waals surface area contributed by atoms with Gasteiger partial charge in [-0.1, -0.05) is 0 Å². The molecule has 0 rings (SSSR count). The van der Waals surface area contributed by atoms with E-state index >= 15 is 0 Å². The first kappa shape index (κ1) is 11.9. The van der Waals surface area contributed by atoms with Crippen LogP contribution in [0, 0.1) is 0 Å². The Bertz CT molecular complexity index is 222. The van der Waals surface area contributed by atoms with Crippen LogP contribution in [0.5, 0.6) is 0 Å². The Hall–Kier alpha value is -0.0831. The summed E-state index contributed by atoms with van der Waals surface area (Å²) in [6.45, 7) is 0. The van der Waals surface area contributed by atoms with Gasteiger partial charge in [0.2, 0.25) is 0 Å². The fraction of sp³-hybridized carbons (Fsp3) is 1.00. The zero-order valence-corrected chi connectivity index (χ0v) is 8.20. The molecule has 0 saturated heterocycles. The summed E-state index contributed by atoms with van der Waals surface area (Å²) in [5.74, 6) is -0.560. The van der Waals surface area contributed by atoms with Gasteiger partial charge in [0.05, 0.1) is 12.9 Å². The molecule has 8 heteroatoms. The molecule has 0 radical (unpaired) electrons. The minimum absolute atomic E-state index is 0.397. The Morgan fingerprint density at radius 2 is 1.83 bits per heavy atom. The van der Waals surface area contributed by atoms with Gasteiger partial charge < -0.3 is 0 Å². The molecular weight excluding hydrogens is 213 g/mol. The van der Waals surface area contributed by atoms with Crippen LogP contribution in [0.1, 0.15) is 6.42 Å². The summed E-state index contributed by atoms with van der Waals surface area (Å²) in [6.07, 6.45) is -0.397. The van der Waals surface area contributed by atoms with Crippen LogP contribution >= 0.6 is 0 Å². The molecule has 0 aliphatic rings. The number of halogens is 3. The van der Waals surface area contributed by atoms with Crippen LogP contribution < -0.4 is 0 Å². The molecular formula is C4H9F3O3SSi. The van der Waals surface area contributed by atoms with Gasteiger partial charge in [-0.3, -0.25) is 4.18 Å². The average molecular weight is 222 g/mol. The van der Waals surface area contributed by atoms with Gasteiger partial charge in [0.1, 0.15) is 0 Å². The van der Waals surface area contributed by atoms with Crippen LogP contribution in [0.2, 0.25) is 6.04 Å². The maximum atomic E-state index is 11.6. The molecule has 3 nitrogen and oxygen atoms in total. The van der Waals surface area contributed by atoms with Crippen molar-refractivity contribution in [3.05, 3.63) is 0 Å². The van der Waals surface area contributed by atoms with Crippen LogP contribution in [-0.4, -0.2) is 30.4 Å². The second kappa shape index (κ2) is 4.24. The summed E-state index contributed by atoms with van der Waals surface area (Å²) in [6, 6.07) is -0.963. The van der Waals surface area contributed by atoms with E-state index < -0.39 is 37.4 Å². The van der Waals surface area contributed by atoms with Gasteiger partial charge in [-0.2, -0.15) is 8.42 Å². The summed E-state index contributed by atoms with van der Waals surface area (Å²) >= 11 is 0. The van der Waals surface area contributed by atoms with Crippen molar-refractivity contribution < 1.29 is 24.9 Å². The summed E-state index contributed by atoms with van der Waals surface area (Å²) in [5, 5.41) is 0. The third kappa shape index (κ3) is 6.62. The zero-order chi connectivity index (χ0) is 9.83. The Balaban J connectivity index is 3.73. The van der Waals surface area contributed by atoms with Gasteiger partial charge in [0, 0.05) is 6.04 Å². The SMILES string of the molecule is COS(=O)(=O)CCC[Si](F)(F)F. The largest absolute Gasteiger partial charge is 0.616 e. The number of hydrogen-bond acceptors (Lipinski definition) is 3. The van der Waals surface area contributed by atoms with Crippen molar-refractivity contribution >= 4 is 19.2 Å². The van der Waals surface area contributed by atoms with Crippen LogP contribution in [-0.2, 0) is 14.3 Å². The first-order chi connectivity index (χ1) is 5.27. The standard InChI is InChI=1S/C4H9F3O3SSi/c1-10-11(8,9)3-2-4-12(5,6)7/h2-4H2,1H3. The second-order valence-corrected chi connectivity index (χ2v) is 5.73. The van der Waals surface area contributed by atoms with Gasteiger partial charge in [-0.15, -0.1) is 0 Å². The van der Waals surface area contributed by atoms with Crippen molar-refractivity contribution in [2.75, 3.05) is 12.9 Å². The molecule has 0 aromatic carbocycles. The number of rotatable bonds is 5. The van der Waals surface area contributed by atoms with E-state index in [1.807, 2.05) is 0 Å². The lowest BCUT2D eigenvalue weighted by Gasteiger charge is -2.01. The lowest BCUT2D eigenvalue weighted by atomic mass is 10.6. The van der Waals surface area contributed by atoms with E-state index in [-0.39, 0.29) is 0 Å². The predicted octanol–water partition coefficient (Wildman–Crippen LogP) is 1.20. The monoisotopic (exact) mass is 222 g/mol. The highest BCUT2D eigenvalue weighted by Gasteiger charge is 2.36. The maximum absolute atomic E-state index is 11.6. The van der Waals surface area contributed by atoms with Gasteiger partial charge >= 0.3 is 9.08 Å². The molecule has 12 heavy (non-hydrogen) atoms. The molecule has 0 fully saturated rings. The Kier molecular flexibility index (Phi) is 4.21. The van der Waals surface area contributed by atoms with E-state index in [0.717, 1.165) is 7.11 Å². The molecule has 0 N–H and O–H groups in total. The smallest absolute Gasteiger partial charge is 0.273 e. The van der Waals surface area contributed by atoms with Crippen LogP contribution in [0.15, 0.2) is 0 Å². The lowest BCUT2D eigenvalue weighted by molar-refractivity contribution is 0.396. The Morgan fingerprint density at radius 3 is 2.17 bits per heavy atom. The minimum atomic E-state index is -5.59. The molecule has 0 aromatic rings. The fourth-order valence-corrected chi connectivity index (χ4v) is 2.03. The van der Waals surface area contributed by atoms with Gasteiger partial charge in [0.25, 0.3) is 10.1 Å². The third-order valence-corrected chi connectivity index (χ3v) is 3.33. The van der Waals surface area contributed by atoms with Crippen LogP contribution in [0.4, 0.5) is 12.3 Å². The Labute approximate surface area is 70.2 Å². The highest BCUT2D eigenvalue weighted by Crippen LogP contribution is 2.17. The van der Waals surface area contributed by atoms with E-state index in [1.165, 1.54) is 0 Å². The summed E-state index contributed by atoms with van der Waals surface area (Å²) in [4.78, 5) is 0. The highest BCUT2D eigenvalue weighted by molar-refractivity contribution is 7.86. The molecule has 0 heterocycles. The molecule has 0 spiro atoms. The molecule has 74 valence electrons. The van der Waals surface area contributed by atoms with Crippen molar-refractivity contribution in [1.82, 2.24) is 0 Å². The molecule has 0 aromatic heterocycles. The molecule has 0 unspecified atom stereocenters. The van der Waals surface area contributed by atoms with E-state index in [0.29, 0.717) is 0 Å².